The van der Waals surface area contributed by atoms with Crippen LogP contribution in [0.2, 0.25) is 0 Å². The molecule has 0 fully saturated rings. The summed E-state index contributed by atoms with van der Waals surface area (Å²) in [4.78, 5) is 16.1. The first kappa shape index (κ1) is 13.1. The van der Waals surface area contributed by atoms with Crippen molar-refractivity contribution in [2.75, 3.05) is 13.7 Å². The number of hydrogen-bond acceptors (Lipinski definition) is 4. The van der Waals surface area contributed by atoms with Gasteiger partial charge < -0.3 is 9.47 Å². The highest BCUT2D eigenvalue weighted by Gasteiger charge is 2.12. The van der Waals surface area contributed by atoms with Crippen molar-refractivity contribution < 1.29 is 14.3 Å². The Morgan fingerprint density at radius 2 is 2.17 bits per heavy atom. The van der Waals surface area contributed by atoms with Crippen molar-refractivity contribution in [2.24, 2.45) is 0 Å². The van der Waals surface area contributed by atoms with Crippen molar-refractivity contribution in [1.29, 1.82) is 0 Å². The molecule has 1 aromatic heterocycles. The highest BCUT2D eigenvalue weighted by Crippen LogP contribution is 2.27. The van der Waals surface area contributed by atoms with E-state index in [1.54, 1.807) is 32.4 Å². The molecule has 94 valence electrons. The molecular weight excluding hydrogens is 345 g/mol. The molecule has 0 spiro atoms. The number of rotatable bonds is 3. The average Bonchev–Trinajstić information content (AvgIpc) is 2.37. The van der Waals surface area contributed by atoms with Crippen LogP contribution in [0.25, 0.3) is 10.9 Å². The van der Waals surface area contributed by atoms with Gasteiger partial charge in [-0.1, -0.05) is 0 Å². The van der Waals surface area contributed by atoms with Crippen LogP contribution < -0.4 is 4.74 Å². The number of fused-ring (bicyclic) bond motifs is 1. The van der Waals surface area contributed by atoms with Gasteiger partial charge in [-0.2, -0.15) is 0 Å². The van der Waals surface area contributed by atoms with Gasteiger partial charge in [-0.05, 0) is 47.7 Å². The number of benzene rings is 1. The van der Waals surface area contributed by atoms with Gasteiger partial charge in [0.1, 0.15) is 11.3 Å². The number of hydrogen-bond donors (Lipinski definition) is 0. The molecule has 0 unspecified atom stereocenters. The second-order valence-electron chi connectivity index (χ2n) is 3.62. The normalized spacial score (nSPS) is 10.4. The van der Waals surface area contributed by atoms with Crippen molar-refractivity contribution in [3.8, 4) is 5.75 Å². The molecule has 0 saturated heterocycles. The van der Waals surface area contributed by atoms with Gasteiger partial charge in [-0.3, -0.25) is 4.98 Å². The van der Waals surface area contributed by atoms with E-state index in [4.69, 9.17) is 9.47 Å². The van der Waals surface area contributed by atoms with Crippen LogP contribution in [0.5, 0.6) is 5.75 Å². The minimum atomic E-state index is -0.350. The first-order chi connectivity index (χ1) is 8.65. The summed E-state index contributed by atoms with van der Waals surface area (Å²) in [6, 6.07) is 5.37. The lowest BCUT2D eigenvalue weighted by Gasteiger charge is -2.08. The zero-order chi connectivity index (χ0) is 13.1. The van der Waals surface area contributed by atoms with Crippen molar-refractivity contribution in [3.05, 3.63) is 33.5 Å². The molecule has 0 aliphatic carbocycles. The third kappa shape index (κ3) is 2.55. The van der Waals surface area contributed by atoms with Crippen molar-refractivity contribution >= 4 is 39.5 Å². The van der Waals surface area contributed by atoms with E-state index in [2.05, 4.69) is 27.6 Å². The summed E-state index contributed by atoms with van der Waals surface area (Å²) in [7, 11) is 1.56. The third-order valence-electron chi connectivity index (χ3n) is 2.45. The quantitative estimate of drug-likeness (QED) is 0.626. The van der Waals surface area contributed by atoms with Gasteiger partial charge in [0.05, 0.1) is 19.3 Å². The molecule has 18 heavy (non-hydrogen) atoms. The summed E-state index contributed by atoms with van der Waals surface area (Å²) >= 11 is 2.18. The molecular formula is C13H12INO3. The molecule has 2 aromatic rings. The fraction of sp³-hybridized carbons (Fsp3) is 0.231. The van der Waals surface area contributed by atoms with Gasteiger partial charge in [-0.25, -0.2) is 4.79 Å². The number of halogens is 1. The average molecular weight is 357 g/mol. The van der Waals surface area contributed by atoms with E-state index in [9.17, 15) is 4.79 Å². The van der Waals surface area contributed by atoms with Gasteiger partial charge in [0.15, 0.2) is 0 Å². The van der Waals surface area contributed by atoms with Crippen LogP contribution in [0.3, 0.4) is 0 Å². The Labute approximate surface area is 118 Å². The van der Waals surface area contributed by atoms with Gasteiger partial charge in [0.2, 0.25) is 0 Å². The van der Waals surface area contributed by atoms with E-state index in [1.807, 2.05) is 6.07 Å². The molecule has 1 heterocycles. The van der Waals surface area contributed by atoms with Gasteiger partial charge in [0, 0.05) is 15.2 Å². The Kier molecular flexibility index (Phi) is 4.00. The van der Waals surface area contributed by atoms with E-state index in [1.165, 1.54) is 0 Å². The molecule has 4 nitrogen and oxygen atoms in total. The van der Waals surface area contributed by atoms with E-state index >= 15 is 0 Å². The summed E-state index contributed by atoms with van der Waals surface area (Å²) in [6.45, 7) is 2.13. The van der Waals surface area contributed by atoms with Crippen LogP contribution in [-0.4, -0.2) is 24.7 Å². The van der Waals surface area contributed by atoms with E-state index in [-0.39, 0.29) is 5.97 Å². The maximum absolute atomic E-state index is 11.7. The van der Waals surface area contributed by atoms with E-state index < -0.39 is 0 Å². The topological polar surface area (TPSA) is 48.4 Å². The molecule has 0 atom stereocenters. The molecule has 0 aliphatic rings. The smallest absolute Gasteiger partial charge is 0.338 e. The largest absolute Gasteiger partial charge is 0.494 e. The van der Waals surface area contributed by atoms with Crippen molar-refractivity contribution in [2.45, 2.75) is 6.92 Å². The van der Waals surface area contributed by atoms with Crippen LogP contribution >= 0.6 is 22.6 Å². The molecule has 0 radical (unpaired) electrons. The summed E-state index contributed by atoms with van der Waals surface area (Å²) in [6.07, 6.45) is 1.76. The maximum Gasteiger partial charge on any atom is 0.338 e. The van der Waals surface area contributed by atoms with Crippen LogP contribution in [0.1, 0.15) is 17.3 Å². The predicted octanol–water partition coefficient (Wildman–Crippen LogP) is 3.02. The highest BCUT2D eigenvalue weighted by atomic mass is 127. The number of esters is 1. The molecule has 0 saturated carbocycles. The van der Waals surface area contributed by atoms with Crippen LogP contribution in [0.15, 0.2) is 24.4 Å². The second kappa shape index (κ2) is 5.51. The highest BCUT2D eigenvalue weighted by molar-refractivity contribution is 14.1. The molecule has 1 aromatic carbocycles. The van der Waals surface area contributed by atoms with Gasteiger partial charge >= 0.3 is 5.97 Å². The summed E-state index contributed by atoms with van der Waals surface area (Å²) in [5.41, 5.74) is 1.22. The molecule has 0 N–H and O–H groups in total. The number of carbonyl (C=O) groups excluding carboxylic acids is 1. The lowest BCUT2D eigenvalue weighted by molar-refractivity contribution is 0.0526. The Bertz CT molecular complexity index is 598. The minimum absolute atomic E-state index is 0.350. The second-order valence-corrected chi connectivity index (χ2v) is 4.87. The summed E-state index contributed by atoms with van der Waals surface area (Å²) < 4.78 is 11.3. The third-order valence-corrected chi connectivity index (χ3v) is 3.04. The summed E-state index contributed by atoms with van der Waals surface area (Å²) in [5.74, 6) is 0.225. The molecule has 0 bridgehead atoms. The number of nitrogens with zero attached hydrogens (tertiary/aromatic N) is 1. The van der Waals surface area contributed by atoms with Crippen LogP contribution in [0.4, 0.5) is 0 Å². The first-order valence-corrected chi connectivity index (χ1v) is 6.54. The molecule has 0 aliphatic heterocycles. The standard InChI is InChI=1S/C13H12INO3/c1-3-18-13(16)9-4-8-5-10(14)7-15-12(8)11(6-9)17-2/h4-7H,3H2,1-2H3. The lowest BCUT2D eigenvalue weighted by Crippen LogP contribution is -2.05. The van der Waals surface area contributed by atoms with Gasteiger partial charge in [-0.15, -0.1) is 0 Å². The fourth-order valence-corrected chi connectivity index (χ4v) is 2.15. The van der Waals surface area contributed by atoms with E-state index in [0.29, 0.717) is 17.9 Å². The first-order valence-electron chi connectivity index (χ1n) is 5.46. The van der Waals surface area contributed by atoms with Gasteiger partial charge in [0.25, 0.3) is 0 Å². The Morgan fingerprint density at radius 1 is 1.39 bits per heavy atom. The zero-order valence-electron chi connectivity index (χ0n) is 10.1. The lowest BCUT2D eigenvalue weighted by atomic mass is 10.1. The molecule has 0 amide bonds. The molecule has 5 heteroatoms. The van der Waals surface area contributed by atoms with Crippen LogP contribution in [0, 0.1) is 3.57 Å². The van der Waals surface area contributed by atoms with Crippen LogP contribution in [-0.2, 0) is 4.74 Å². The number of aromatic nitrogens is 1. The monoisotopic (exact) mass is 357 g/mol. The summed E-state index contributed by atoms with van der Waals surface area (Å²) in [5, 5.41) is 0.865. The predicted molar refractivity (Wildman–Crippen MR) is 77.0 cm³/mol. The minimum Gasteiger partial charge on any atom is -0.494 e. The fourth-order valence-electron chi connectivity index (χ4n) is 1.68. The number of ether oxygens (including phenoxy) is 2. The number of carbonyl (C=O) groups is 1. The Hall–Kier alpha value is -1.37. The number of methoxy groups -OCH3 is 1. The van der Waals surface area contributed by atoms with E-state index in [0.717, 1.165) is 14.5 Å². The Balaban J connectivity index is 2.60. The Morgan fingerprint density at radius 3 is 2.83 bits per heavy atom. The number of pyridine rings is 1. The maximum atomic E-state index is 11.7. The van der Waals surface area contributed by atoms with Crippen molar-refractivity contribution in [3.63, 3.8) is 0 Å². The zero-order valence-corrected chi connectivity index (χ0v) is 12.2. The van der Waals surface area contributed by atoms with Crippen molar-refractivity contribution in [1.82, 2.24) is 4.98 Å². The molecule has 2 rings (SSSR count). The SMILES string of the molecule is CCOC(=O)c1cc(OC)c2ncc(I)cc2c1.